The van der Waals surface area contributed by atoms with Crippen molar-refractivity contribution in [1.29, 1.82) is 0 Å². The Morgan fingerprint density at radius 1 is 1.14 bits per heavy atom. The molecule has 0 aromatic rings. The van der Waals surface area contributed by atoms with Gasteiger partial charge in [0.05, 0.1) is 0 Å². The van der Waals surface area contributed by atoms with Gasteiger partial charge >= 0.3 is 59.2 Å². The Kier molecular flexibility index (Phi) is 17.0. The van der Waals surface area contributed by atoms with Crippen molar-refractivity contribution < 1.29 is 59.6 Å². The Hall–Kier alpha value is 3.08. The fourth-order valence-electron chi connectivity index (χ4n) is 0. The predicted octanol–water partition coefficient (Wildman–Crippen LogP) is -1.58. The average Bonchev–Trinajstić information content (AvgIpc) is 0.722. The Morgan fingerprint density at radius 2 is 1.14 bits per heavy atom. The first-order valence-electron chi connectivity index (χ1n) is 0.783. The minimum Gasteiger partial charge on any atom is 0 e. The Morgan fingerprint density at radius 3 is 1.14 bits per heavy atom. The van der Waals surface area contributed by atoms with E-state index in [-0.39, 0.29) is 91.8 Å². The Balaban J connectivity index is -0.0000000800. The minimum absolute atomic E-state index is 0. The van der Waals surface area contributed by atoms with E-state index < -0.39 is 7.82 Å². The molecule has 0 amide bonds. The number of hydrogen-bond acceptors (Lipinski definition) is 1. The van der Waals surface area contributed by atoms with Crippen LogP contribution >= 0.6 is 7.82 Å². The summed E-state index contributed by atoms with van der Waals surface area (Å²) in [4.78, 5) is 21.6. The van der Waals surface area contributed by atoms with Crippen LogP contribution in [0.3, 0.4) is 0 Å². The molecule has 0 aliphatic rings. The molecule has 0 heterocycles. The summed E-state index contributed by atoms with van der Waals surface area (Å²) in [7, 11) is -4.64. The first-order chi connectivity index (χ1) is 2.00. The summed E-state index contributed by atoms with van der Waals surface area (Å²) in [5, 5.41) is 0. The zero-order chi connectivity index (χ0) is 4.50. The molecule has 4 nitrogen and oxygen atoms in total. The molecule has 7 heavy (non-hydrogen) atoms. The standard InChI is InChI=1S/K.H3O4P.Sm.H/c;1-5(2,3)4;;/h;(H3,1,2,3,4);;. The smallest absolute Gasteiger partial charge is 0 e. The molecule has 0 saturated heterocycles. The Bertz CT molecular complexity index is 57.8. The van der Waals surface area contributed by atoms with E-state index in [1.807, 2.05) is 0 Å². The molecule has 0 saturated carbocycles. The summed E-state index contributed by atoms with van der Waals surface area (Å²) in [5.41, 5.74) is 0. The monoisotopic (exact) mass is 290 g/mol. The molecule has 0 fully saturated rings. The van der Waals surface area contributed by atoms with E-state index in [4.69, 9.17) is 19.2 Å². The maximum absolute atomic E-state index is 8.88. The van der Waals surface area contributed by atoms with Crippen LogP contribution in [0.25, 0.3) is 0 Å². The molecule has 0 unspecified atom stereocenters. The van der Waals surface area contributed by atoms with Gasteiger partial charge in [-0.15, -0.1) is 0 Å². The van der Waals surface area contributed by atoms with Gasteiger partial charge in [0.25, 0.3) is 0 Å². The van der Waals surface area contributed by atoms with Crippen molar-refractivity contribution in [2.45, 2.75) is 0 Å². The van der Waals surface area contributed by atoms with Crippen molar-refractivity contribution in [3.8, 4) is 0 Å². The molecule has 0 aromatic carbocycles. The van der Waals surface area contributed by atoms with Crippen LogP contribution < -0.4 is 0 Å². The van der Waals surface area contributed by atoms with Crippen LogP contribution in [0.15, 0.2) is 0 Å². The van der Waals surface area contributed by atoms with Crippen LogP contribution in [0.5, 0.6) is 0 Å². The van der Waals surface area contributed by atoms with E-state index in [2.05, 4.69) is 0 Å². The predicted molar refractivity (Wildman–Crippen MR) is 21.4 cm³/mol. The van der Waals surface area contributed by atoms with Crippen molar-refractivity contribution in [3.63, 3.8) is 0 Å². The van der Waals surface area contributed by atoms with Crippen LogP contribution in [0.4, 0.5) is 0 Å². The summed E-state index contributed by atoms with van der Waals surface area (Å²) in [6, 6.07) is 0. The number of hydrogen-bond donors (Lipinski definition) is 3. The fourth-order valence-corrected chi connectivity index (χ4v) is 0. The molecule has 40 valence electrons. The first kappa shape index (κ1) is 16.6. The average molecular weight is 288 g/mol. The van der Waals surface area contributed by atoms with E-state index in [0.29, 0.717) is 0 Å². The second-order valence-corrected chi connectivity index (χ2v) is 1.54. The SMILES string of the molecule is O=P(O)(O)O.[KH].[Sm]. The zero-order valence-electron chi connectivity index (χ0n) is 2.61. The van der Waals surface area contributed by atoms with Gasteiger partial charge < -0.3 is 14.7 Å². The van der Waals surface area contributed by atoms with Gasteiger partial charge in [0.2, 0.25) is 0 Å². The summed E-state index contributed by atoms with van der Waals surface area (Å²) >= 11 is 0. The van der Waals surface area contributed by atoms with E-state index in [0.717, 1.165) is 0 Å². The molecule has 0 radical (unpaired) electrons. The number of rotatable bonds is 0. The van der Waals surface area contributed by atoms with E-state index in [9.17, 15) is 0 Å². The molecule has 0 aromatic heterocycles. The largest absolute Gasteiger partial charge is 0 e. The molecule has 0 aliphatic carbocycles. The van der Waals surface area contributed by atoms with Crippen LogP contribution in [0, 0.1) is 40.4 Å². The van der Waals surface area contributed by atoms with Gasteiger partial charge in [-0.1, -0.05) is 0 Å². The third-order valence-electron chi connectivity index (χ3n) is 0. The maximum Gasteiger partial charge on any atom is 0 e. The van der Waals surface area contributed by atoms with Crippen molar-refractivity contribution in [1.82, 2.24) is 0 Å². The maximum atomic E-state index is 8.88. The quantitative estimate of drug-likeness (QED) is 0.371. The molecule has 0 aliphatic heterocycles. The summed E-state index contributed by atoms with van der Waals surface area (Å²) in [6.45, 7) is 0. The van der Waals surface area contributed by atoms with Crippen LogP contribution in [0.1, 0.15) is 0 Å². The van der Waals surface area contributed by atoms with Gasteiger partial charge in [-0.25, -0.2) is 4.57 Å². The molecule has 0 bridgehead atoms. The Labute approximate surface area is 116 Å². The van der Waals surface area contributed by atoms with Gasteiger partial charge in [0.1, 0.15) is 0 Å². The third kappa shape index (κ3) is 47.9. The third-order valence-corrected chi connectivity index (χ3v) is 0. The van der Waals surface area contributed by atoms with Crippen molar-refractivity contribution >= 4 is 59.2 Å². The summed E-state index contributed by atoms with van der Waals surface area (Å²) in [5.74, 6) is 0. The van der Waals surface area contributed by atoms with E-state index >= 15 is 0 Å². The second-order valence-electron chi connectivity index (χ2n) is 0.513. The van der Waals surface area contributed by atoms with Crippen molar-refractivity contribution in [2.24, 2.45) is 0 Å². The molecule has 0 rings (SSSR count). The van der Waals surface area contributed by atoms with Crippen molar-refractivity contribution in [2.75, 3.05) is 0 Å². The summed E-state index contributed by atoms with van der Waals surface area (Å²) < 4.78 is 8.88. The van der Waals surface area contributed by atoms with E-state index in [1.54, 1.807) is 0 Å². The van der Waals surface area contributed by atoms with Gasteiger partial charge in [-0.2, -0.15) is 0 Å². The molecular weight excluding hydrogens is 284 g/mol. The molecule has 0 spiro atoms. The minimum atomic E-state index is -4.64. The molecule has 0 atom stereocenters. The van der Waals surface area contributed by atoms with Crippen LogP contribution in [0.2, 0.25) is 0 Å². The number of phosphoric acid groups is 1. The zero-order valence-corrected chi connectivity index (χ0v) is 6.12. The van der Waals surface area contributed by atoms with Crippen LogP contribution in [-0.2, 0) is 4.57 Å². The van der Waals surface area contributed by atoms with Gasteiger partial charge in [-0.3, -0.25) is 0 Å². The van der Waals surface area contributed by atoms with E-state index in [1.165, 1.54) is 0 Å². The van der Waals surface area contributed by atoms with Crippen molar-refractivity contribution in [3.05, 3.63) is 0 Å². The first-order valence-corrected chi connectivity index (χ1v) is 2.35. The second kappa shape index (κ2) is 7.19. The van der Waals surface area contributed by atoms with Crippen LogP contribution in [-0.4, -0.2) is 66.1 Å². The molecule has 3 N–H and O–H groups in total. The van der Waals surface area contributed by atoms with Gasteiger partial charge in [0, 0.05) is 40.4 Å². The van der Waals surface area contributed by atoms with Gasteiger partial charge in [0.15, 0.2) is 0 Å². The van der Waals surface area contributed by atoms with Gasteiger partial charge in [-0.05, 0) is 0 Å². The summed E-state index contributed by atoms with van der Waals surface area (Å²) in [6.07, 6.45) is 0. The fraction of sp³-hybridized carbons (Fsp3) is 0. The molecule has 7 heteroatoms. The molecular formula is H4KO4PSm. The topological polar surface area (TPSA) is 77.8 Å². The normalized spacial score (nSPS) is 8.43.